The highest BCUT2D eigenvalue weighted by atomic mass is 79.9. The van der Waals surface area contributed by atoms with Gasteiger partial charge in [-0.1, -0.05) is 39.1 Å². The molecule has 0 aliphatic heterocycles. The van der Waals surface area contributed by atoms with E-state index in [9.17, 15) is 13.6 Å². The lowest BCUT2D eigenvalue weighted by atomic mass is 10.2. The molecule has 1 N–H and O–H groups in total. The predicted octanol–water partition coefficient (Wildman–Crippen LogP) is 4.68. The van der Waals surface area contributed by atoms with E-state index in [4.69, 9.17) is 23.2 Å². The van der Waals surface area contributed by atoms with Gasteiger partial charge in [-0.2, -0.15) is 0 Å². The number of benzene rings is 1. The van der Waals surface area contributed by atoms with Gasteiger partial charge in [0, 0.05) is 10.0 Å². The topological polar surface area (TPSA) is 42.0 Å². The number of pyridine rings is 1. The van der Waals surface area contributed by atoms with Crippen molar-refractivity contribution in [3.05, 3.63) is 56.2 Å². The SMILES string of the molecule is O=C(Nc1c(F)cc(Br)cc1F)c1cc(Cl)nc(Cl)c1. The van der Waals surface area contributed by atoms with Gasteiger partial charge < -0.3 is 5.32 Å². The van der Waals surface area contributed by atoms with Crippen LogP contribution in [0.5, 0.6) is 0 Å². The molecule has 2 aromatic rings. The van der Waals surface area contributed by atoms with Gasteiger partial charge in [-0.25, -0.2) is 13.8 Å². The molecule has 0 atom stereocenters. The smallest absolute Gasteiger partial charge is 0.256 e. The number of hydrogen-bond donors (Lipinski definition) is 1. The third-order valence-electron chi connectivity index (χ3n) is 2.27. The first-order valence-corrected chi connectivity index (χ1v) is 6.70. The second-order valence-corrected chi connectivity index (χ2v) is 5.39. The zero-order valence-electron chi connectivity index (χ0n) is 9.55. The summed E-state index contributed by atoms with van der Waals surface area (Å²) in [5, 5.41) is 2.12. The summed E-state index contributed by atoms with van der Waals surface area (Å²) in [7, 11) is 0. The minimum Gasteiger partial charge on any atom is -0.317 e. The molecule has 0 saturated heterocycles. The molecule has 0 radical (unpaired) electrons. The maximum atomic E-state index is 13.6. The van der Waals surface area contributed by atoms with E-state index in [0.717, 1.165) is 12.1 Å². The van der Waals surface area contributed by atoms with Crippen LogP contribution in [0.3, 0.4) is 0 Å². The van der Waals surface area contributed by atoms with Crippen LogP contribution in [0.25, 0.3) is 0 Å². The van der Waals surface area contributed by atoms with Crippen LogP contribution in [0.15, 0.2) is 28.7 Å². The molecule has 1 aromatic heterocycles. The van der Waals surface area contributed by atoms with Gasteiger partial charge in [0.15, 0.2) is 11.6 Å². The van der Waals surface area contributed by atoms with E-state index >= 15 is 0 Å². The molecular weight excluding hydrogens is 377 g/mol. The summed E-state index contributed by atoms with van der Waals surface area (Å²) in [4.78, 5) is 15.6. The number of aromatic nitrogens is 1. The van der Waals surface area contributed by atoms with E-state index < -0.39 is 23.2 Å². The minimum atomic E-state index is -0.906. The summed E-state index contributed by atoms with van der Waals surface area (Å²) < 4.78 is 27.4. The van der Waals surface area contributed by atoms with E-state index in [1.165, 1.54) is 12.1 Å². The maximum Gasteiger partial charge on any atom is 0.256 e. The van der Waals surface area contributed by atoms with Gasteiger partial charge >= 0.3 is 0 Å². The van der Waals surface area contributed by atoms with E-state index in [-0.39, 0.29) is 20.3 Å². The van der Waals surface area contributed by atoms with Crippen molar-refractivity contribution in [2.24, 2.45) is 0 Å². The van der Waals surface area contributed by atoms with Crippen molar-refractivity contribution in [1.29, 1.82) is 0 Å². The van der Waals surface area contributed by atoms with Crippen LogP contribution >= 0.6 is 39.1 Å². The number of nitrogens with one attached hydrogen (secondary N) is 1. The van der Waals surface area contributed by atoms with Crippen molar-refractivity contribution in [1.82, 2.24) is 4.98 Å². The van der Waals surface area contributed by atoms with Gasteiger partial charge in [-0.3, -0.25) is 4.79 Å². The van der Waals surface area contributed by atoms with Crippen molar-refractivity contribution in [3.63, 3.8) is 0 Å². The van der Waals surface area contributed by atoms with Gasteiger partial charge in [-0.05, 0) is 24.3 Å². The summed E-state index contributed by atoms with van der Waals surface area (Å²) in [6.07, 6.45) is 0. The first-order valence-electron chi connectivity index (χ1n) is 5.16. The van der Waals surface area contributed by atoms with Gasteiger partial charge in [0.25, 0.3) is 5.91 Å². The van der Waals surface area contributed by atoms with Crippen LogP contribution in [0, 0.1) is 11.6 Å². The number of nitrogens with zero attached hydrogens (tertiary/aromatic N) is 1. The van der Waals surface area contributed by atoms with Gasteiger partial charge in [0.1, 0.15) is 16.0 Å². The normalized spacial score (nSPS) is 10.4. The number of halogens is 5. The summed E-state index contributed by atoms with van der Waals surface area (Å²) in [6, 6.07) is 4.53. The number of carbonyl (C=O) groups excluding carboxylic acids is 1. The Labute approximate surface area is 131 Å². The molecule has 0 fully saturated rings. The highest BCUT2D eigenvalue weighted by Crippen LogP contribution is 2.24. The molecule has 1 heterocycles. The Bertz CT molecular complexity index is 654. The monoisotopic (exact) mass is 380 g/mol. The Morgan fingerprint density at radius 2 is 1.60 bits per heavy atom. The lowest BCUT2D eigenvalue weighted by Crippen LogP contribution is -2.14. The summed E-state index contributed by atoms with van der Waals surface area (Å²) in [6.45, 7) is 0. The molecular formula is C12H5BrCl2F2N2O. The van der Waals surface area contributed by atoms with E-state index in [0.29, 0.717) is 0 Å². The van der Waals surface area contributed by atoms with Crippen LogP contribution in [0.2, 0.25) is 10.3 Å². The summed E-state index contributed by atoms with van der Waals surface area (Å²) >= 11 is 14.2. The van der Waals surface area contributed by atoms with Crippen LogP contribution in [-0.4, -0.2) is 10.9 Å². The highest BCUT2D eigenvalue weighted by Gasteiger charge is 2.15. The molecule has 104 valence electrons. The maximum absolute atomic E-state index is 13.6. The largest absolute Gasteiger partial charge is 0.317 e. The van der Waals surface area contributed by atoms with Crippen LogP contribution < -0.4 is 5.32 Å². The average Bonchev–Trinajstić information content (AvgIpc) is 2.32. The van der Waals surface area contributed by atoms with E-state index in [1.54, 1.807) is 0 Å². The van der Waals surface area contributed by atoms with E-state index in [1.807, 2.05) is 0 Å². The molecule has 2 rings (SSSR count). The van der Waals surface area contributed by atoms with Gasteiger partial charge in [0.05, 0.1) is 0 Å². The predicted molar refractivity (Wildman–Crippen MR) is 76.3 cm³/mol. The fourth-order valence-electron chi connectivity index (χ4n) is 1.44. The van der Waals surface area contributed by atoms with Gasteiger partial charge in [0.2, 0.25) is 0 Å². The second kappa shape index (κ2) is 6.03. The molecule has 3 nitrogen and oxygen atoms in total. The highest BCUT2D eigenvalue weighted by molar-refractivity contribution is 9.10. The molecule has 1 aromatic carbocycles. The second-order valence-electron chi connectivity index (χ2n) is 3.70. The third-order valence-corrected chi connectivity index (χ3v) is 3.12. The molecule has 0 unspecified atom stereocenters. The number of anilines is 1. The lowest BCUT2D eigenvalue weighted by Gasteiger charge is -2.08. The zero-order chi connectivity index (χ0) is 14.9. The van der Waals surface area contributed by atoms with Crippen LogP contribution in [-0.2, 0) is 0 Å². The Hall–Kier alpha value is -1.24. The van der Waals surface area contributed by atoms with Crippen molar-refractivity contribution >= 4 is 50.7 Å². The molecule has 20 heavy (non-hydrogen) atoms. The first-order chi connectivity index (χ1) is 9.36. The van der Waals surface area contributed by atoms with Crippen molar-refractivity contribution in [2.75, 3.05) is 5.32 Å². The van der Waals surface area contributed by atoms with E-state index in [2.05, 4.69) is 26.2 Å². The third kappa shape index (κ3) is 3.45. The summed E-state index contributed by atoms with van der Waals surface area (Å²) in [5.41, 5.74) is -0.515. The zero-order valence-corrected chi connectivity index (χ0v) is 12.7. The Balaban J connectivity index is 2.32. The summed E-state index contributed by atoms with van der Waals surface area (Å²) in [5.74, 6) is -2.57. The van der Waals surface area contributed by atoms with Crippen LogP contribution in [0.4, 0.5) is 14.5 Å². The Morgan fingerprint density at radius 1 is 1.10 bits per heavy atom. The number of carbonyl (C=O) groups is 1. The Kier molecular flexibility index (Phi) is 4.57. The first kappa shape index (κ1) is 15.2. The molecule has 8 heteroatoms. The minimum absolute atomic E-state index is 0.000556. The van der Waals surface area contributed by atoms with Crippen molar-refractivity contribution < 1.29 is 13.6 Å². The fourth-order valence-corrected chi connectivity index (χ4v) is 2.31. The standard InChI is InChI=1S/C12H5BrCl2F2N2O/c13-6-3-7(16)11(8(17)4-6)19-12(20)5-1-9(14)18-10(15)2-5/h1-4H,(H,19,20). The molecule has 0 spiro atoms. The quantitative estimate of drug-likeness (QED) is 0.767. The molecule has 0 saturated carbocycles. The lowest BCUT2D eigenvalue weighted by molar-refractivity contribution is 0.102. The number of rotatable bonds is 2. The van der Waals surface area contributed by atoms with Crippen molar-refractivity contribution in [2.45, 2.75) is 0 Å². The molecule has 0 aliphatic rings. The number of amides is 1. The van der Waals surface area contributed by atoms with Gasteiger partial charge in [-0.15, -0.1) is 0 Å². The Morgan fingerprint density at radius 3 is 2.10 bits per heavy atom. The number of hydrogen-bond acceptors (Lipinski definition) is 2. The average molecular weight is 382 g/mol. The van der Waals surface area contributed by atoms with Crippen LogP contribution in [0.1, 0.15) is 10.4 Å². The molecule has 1 amide bonds. The van der Waals surface area contributed by atoms with Crippen molar-refractivity contribution in [3.8, 4) is 0 Å². The molecule has 0 aliphatic carbocycles. The fraction of sp³-hybridized carbons (Fsp3) is 0. The molecule has 0 bridgehead atoms.